The highest BCUT2D eigenvalue weighted by molar-refractivity contribution is 5.84. The van der Waals surface area contributed by atoms with Crippen molar-refractivity contribution in [3.8, 4) is 0 Å². The van der Waals surface area contributed by atoms with Crippen LogP contribution in [0, 0.1) is 0 Å². The summed E-state index contributed by atoms with van der Waals surface area (Å²) in [5.41, 5.74) is 11.4. The normalized spacial score (nSPS) is 11.0. The molecule has 0 aromatic heterocycles. The second-order valence-electron chi connectivity index (χ2n) is 3.38. The standard InChI is InChI=1S/C6H12N2O3.C5H10N2O3/c1-3-10-6(9)11-8-5(2)4-7;1-4(3-6)7-10-5(8)9-2/h3-4,7H2,1-2H3;3,6H2,1-2H3/b8-5+;7-4+. The molecule has 4 N–H and O–H groups in total. The molecule has 10 heteroatoms. The molecule has 0 rings (SSSR count). The van der Waals surface area contributed by atoms with Gasteiger partial charge >= 0.3 is 12.3 Å². The Morgan fingerprint density at radius 3 is 1.71 bits per heavy atom. The molecule has 0 spiro atoms. The first-order chi connectivity index (χ1) is 9.90. The van der Waals surface area contributed by atoms with Gasteiger partial charge in [-0.2, -0.15) is 0 Å². The summed E-state index contributed by atoms with van der Waals surface area (Å²) in [6, 6.07) is 0. The third-order valence-corrected chi connectivity index (χ3v) is 1.57. The van der Waals surface area contributed by atoms with E-state index in [1.54, 1.807) is 20.8 Å². The van der Waals surface area contributed by atoms with Gasteiger partial charge in [0.05, 0.1) is 25.1 Å². The van der Waals surface area contributed by atoms with Gasteiger partial charge in [-0.05, 0) is 20.8 Å². The highest BCUT2D eigenvalue weighted by atomic mass is 16.8. The number of oxime groups is 2. The minimum Gasteiger partial charge on any atom is -0.436 e. The van der Waals surface area contributed by atoms with E-state index in [9.17, 15) is 9.59 Å². The number of nitrogens with two attached hydrogens (primary N) is 2. The van der Waals surface area contributed by atoms with E-state index in [-0.39, 0.29) is 19.7 Å². The van der Waals surface area contributed by atoms with Crippen molar-refractivity contribution >= 4 is 23.7 Å². The molecular weight excluding hydrogens is 284 g/mol. The Bertz CT molecular complexity index is 370. The van der Waals surface area contributed by atoms with Gasteiger partial charge in [0, 0.05) is 13.1 Å². The van der Waals surface area contributed by atoms with Gasteiger partial charge in [-0.15, -0.1) is 0 Å². The van der Waals surface area contributed by atoms with Gasteiger partial charge in [0.2, 0.25) is 0 Å². The van der Waals surface area contributed by atoms with E-state index in [2.05, 4.69) is 29.5 Å². The molecule has 0 aromatic carbocycles. The van der Waals surface area contributed by atoms with E-state index in [0.29, 0.717) is 11.4 Å². The summed E-state index contributed by atoms with van der Waals surface area (Å²) >= 11 is 0. The van der Waals surface area contributed by atoms with E-state index in [1.165, 1.54) is 7.11 Å². The molecule has 0 aliphatic rings. The maximum Gasteiger partial charge on any atom is 0.535 e. The van der Waals surface area contributed by atoms with Gasteiger partial charge in [-0.25, -0.2) is 9.59 Å². The molecule has 0 bridgehead atoms. The second-order valence-corrected chi connectivity index (χ2v) is 3.38. The molecule has 0 amide bonds. The van der Waals surface area contributed by atoms with Crippen molar-refractivity contribution in [1.29, 1.82) is 0 Å². The third-order valence-electron chi connectivity index (χ3n) is 1.57. The van der Waals surface area contributed by atoms with Crippen molar-refractivity contribution in [3.05, 3.63) is 0 Å². The lowest BCUT2D eigenvalue weighted by atomic mass is 10.4. The number of hydrogen-bond donors (Lipinski definition) is 2. The number of carbonyl (C=O) groups is 2. The summed E-state index contributed by atoms with van der Waals surface area (Å²) in [6.45, 7) is 5.77. The summed E-state index contributed by atoms with van der Waals surface area (Å²) in [4.78, 5) is 29.2. The zero-order valence-corrected chi connectivity index (χ0v) is 12.6. The number of hydrogen-bond acceptors (Lipinski definition) is 10. The molecule has 0 heterocycles. The van der Waals surface area contributed by atoms with Crippen molar-refractivity contribution in [2.24, 2.45) is 21.8 Å². The number of nitrogens with zero attached hydrogens (tertiary/aromatic N) is 2. The molecular formula is C11H22N4O6. The average molecular weight is 306 g/mol. The lowest BCUT2D eigenvalue weighted by molar-refractivity contribution is 0.0611. The summed E-state index contributed by atoms with van der Waals surface area (Å²) < 4.78 is 8.56. The van der Waals surface area contributed by atoms with Crippen LogP contribution in [0.2, 0.25) is 0 Å². The smallest absolute Gasteiger partial charge is 0.436 e. The molecule has 0 saturated carbocycles. The van der Waals surface area contributed by atoms with Gasteiger partial charge in [0.1, 0.15) is 0 Å². The first kappa shape index (κ1) is 21.1. The van der Waals surface area contributed by atoms with Crippen molar-refractivity contribution in [2.45, 2.75) is 20.8 Å². The molecule has 0 aliphatic heterocycles. The van der Waals surface area contributed by atoms with Crippen molar-refractivity contribution in [3.63, 3.8) is 0 Å². The van der Waals surface area contributed by atoms with E-state index >= 15 is 0 Å². The summed E-state index contributed by atoms with van der Waals surface area (Å²) in [6.07, 6.45) is -1.65. The minimum atomic E-state index is -0.840. The van der Waals surface area contributed by atoms with Crippen LogP contribution in [-0.4, -0.2) is 50.5 Å². The minimum absolute atomic E-state index is 0.261. The molecule has 0 aromatic rings. The SMILES string of the molecule is CCOC(=O)O/N=C(\C)CN.COC(=O)O/N=C(\C)CN. The fourth-order valence-electron chi connectivity index (χ4n) is 0.486. The summed E-state index contributed by atoms with van der Waals surface area (Å²) in [5, 5.41) is 6.71. The van der Waals surface area contributed by atoms with Crippen molar-refractivity contribution in [2.75, 3.05) is 26.8 Å². The molecule has 0 aliphatic carbocycles. The lowest BCUT2D eigenvalue weighted by Crippen LogP contribution is -2.12. The van der Waals surface area contributed by atoms with Crippen molar-refractivity contribution < 1.29 is 28.7 Å². The van der Waals surface area contributed by atoms with E-state index in [4.69, 9.17) is 11.5 Å². The maximum absolute atomic E-state index is 10.5. The molecule has 0 radical (unpaired) electrons. The quantitative estimate of drug-likeness (QED) is 0.324. The fourth-order valence-corrected chi connectivity index (χ4v) is 0.486. The Morgan fingerprint density at radius 2 is 1.38 bits per heavy atom. The van der Waals surface area contributed by atoms with Crippen LogP contribution in [0.1, 0.15) is 20.8 Å². The Kier molecular flexibility index (Phi) is 14.3. The molecule has 0 atom stereocenters. The molecule has 21 heavy (non-hydrogen) atoms. The topological polar surface area (TPSA) is 148 Å². The van der Waals surface area contributed by atoms with Gasteiger partial charge in [0.25, 0.3) is 0 Å². The van der Waals surface area contributed by atoms with Crippen LogP contribution in [0.3, 0.4) is 0 Å². The summed E-state index contributed by atoms with van der Waals surface area (Å²) in [5.74, 6) is 0. The van der Waals surface area contributed by atoms with Crippen LogP contribution in [0.15, 0.2) is 10.3 Å². The van der Waals surface area contributed by atoms with E-state index < -0.39 is 12.3 Å². The second kappa shape index (κ2) is 14.2. The highest BCUT2D eigenvalue weighted by Crippen LogP contribution is 1.86. The van der Waals surface area contributed by atoms with Crippen LogP contribution in [-0.2, 0) is 19.1 Å². The monoisotopic (exact) mass is 306 g/mol. The molecule has 10 nitrogen and oxygen atoms in total. The van der Waals surface area contributed by atoms with Crippen molar-refractivity contribution in [1.82, 2.24) is 0 Å². The number of rotatable bonds is 5. The molecule has 0 fully saturated rings. The Labute approximate surface area is 123 Å². The van der Waals surface area contributed by atoms with E-state index in [0.717, 1.165) is 0 Å². The first-order valence-corrected chi connectivity index (χ1v) is 5.96. The Balaban J connectivity index is 0. The Hall–Kier alpha value is -2.20. The zero-order valence-electron chi connectivity index (χ0n) is 12.6. The fraction of sp³-hybridized carbons (Fsp3) is 0.636. The number of methoxy groups -OCH3 is 1. The van der Waals surface area contributed by atoms with Crippen LogP contribution in [0.4, 0.5) is 9.59 Å². The number of carbonyl (C=O) groups excluding carboxylic acids is 2. The zero-order chi connectivity index (χ0) is 16.7. The van der Waals surface area contributed by atoms with Crippen LogP contribution >= 0.6 is 0 Å². The summed E-state index contributed by atoms with van der Waals surface area (Å²) in [7, 11) is 1.20. The van der Waals surface area contributed by atoms with Gasteiger partial charge < -0.3 is 20.9 Å². The van der Waals surface area contributed by atoms with Crippen LogP contribution in [0.5, 0.6) is 0 Å². The predicted molar refractivity (Wildman–Crippen MR) is 75.9 cm³/mol. The molecule has 122 valence electrons. The maximum atomic E-state index is 10.5. The predicted octanol–water partition coefficient (Wildman–Crippen LogP) is 0.598. The van der Waals surface area contributed by atoms with Gasteiger partial charge in [-0.1, -0.05) is 10.3 Å². The highest BCUT2D eigenvalue weighted by Gasteiger charge is 2.00. The van der Waals surface area contributed by atoms with Crippen LogP contribution in [0.25, 0.3) is 0 Å². The molecule has 0 saturated heterocycles. The Morgan fingerprint density at radius 1 is 0.952 bits per heavy atom. The molecule has 0 unspecified atom stereocenters. The first-order valence-electron chi connectivity index (χ1n) is 5.96. The third kappa shape index (κ3) is 15.7. The lowest BCUT2D eigenvalue weighted by Gasteiger charge is -1.97. The largest absolute Gasteiger partial charge is 0.535 e. The van der Waals surface area contributed by atoms with E-state index in [1.807, 2.05) is 0 Å². The average Bonchev–Trinajstić information content (AvgIpc) is 2.50. The number of ether oxygens (including phenoxy) is 2. The van der Waals surface area contributed by atoms with Crippen LogP contribution < -0.4 is 11.5 Å². The van der Waals surface area contributed by atoms with Gasteiger partial charge in [0.15, 0.2) is 0 Å². The van der Waals surface area contributed by atoms with Gasteiger partial charge in [-0.3, -0.25) is 9.68 Å².